The van der Waals surface area contributed by atoms with Crippen LogP contribution in [0.3, 0.4) is 0 Å². The van der Waals surface area contributed by atoms with Crippen molar-refractivity contribution in [3.63, 3.8) is 0 Å². The number of nitrogens with one attached hydrogen (secondary N) is 2. The Hall–Kier alpha value is -2.16. The topological polar surface area (TPSA) is 75.5 Å². The van der Waals surface area contributed by atoms with Gasteiger partial charge in [-0.3, -0.25) is 14.0 Å². The van der Waals surface area contributed by atoms with E-state index in [0.29, 0.717) is 28.7 Å². The van der Waals surface area contributed by atoms with Crippen LogP contribution in [0.25, 0.3) is 4.96 Å². The summed E-state index contributed by atoms with van der Waals surface area (Å²) in [5.41, 5.74) is 4.39. The first-order chi connectivity index (χ1) is 12.7. The number of fused-ring (bicyclic) bond motifs is 2. The van der Waals surface area contributed by atoms with Gasteiger partial charge in [-0.05, 0) is 16.7 Å². The molecule has 4 rings (SSSR count). The largest absolute Gasteiger partial charge is 0.351 e. The molecule has 0 unspecified atom stereocenters. The van der Waals surface area contributed by atoms with Gasteiger partial charge < -0.3 is 10.6 Å². The van der Waals surface area contributed by atoms with Crippen LogP contribution >= 0.6 is 23.1 Å². The standard InChI is InChI=1S/C18H18N4O2S2/c23-16(20-7-12-1-2-13-8-19-9-14(13)5-12)11-25-10-15-6-17(24)22-3-4-26-18(22)21-15/h1-6,19H,7-11H2,(H,20,23). The molecule has 26 heavy (non-hydrogen) atoms. The molecule has 134 valence electrons. The van der Waals surface area contributed by atoms with Gasteiger partial charge in [-0.25, -0.2) is 4.98 Å². The first kappa shape index (κ1) is 17.3. The van der Waals surface area contributed by atoms with Crippen LogP contribution < -0.4 is 16.2 Å². The second kappa shape index (κ2) is 7.61. The minimum Gasteiger partial charge on any atom is -0.351 e. The molecule has 0 radical (unpaired) electrons. The van der Waals surface area contributed by atoms with Crippen LogP contribution in [0.2, 0.25) is 0 Å². The highest BCUT2D eigenvalue weighted by atomic mass is 32.2. The van der Waals surface area contributed by atoms with Crippen molar-refractivity contribution in [3.05, 3.63) is 68.6 Å². The zero-order valence-corrected chi connectivity index (χ0v) is 15.7. The van der Waals surface area contributed by atoms with Crippen LogP contribution in [0.1, 0.15) is 22.4 Å². The molecule has 0 fully saturated rings. The maximum absolute atomic E-state index is 12.0. The van der Waals surface area contributed by atoms with Crippen molar-refractivity contribution in [3.8, 4) is 0 Å². The summed E-state index contributed by atoms with van der Waals surface area (Å²) in [4.78, 5) is 29.1. The van der Waals surface area contributed by atoms with E-state index in [9.17, 15) is 9.59 Å². The van der Waals surface area contributed by atoms with Gasteiger partial charge in [0.15, 0.2) is 4.96 Å². The summed E-state index contributed by atoms with van der Waals surface area (Å²) >= 11 is 2.89. The fraction of sp³-hybridized carbons (Fsp3) is 0.278. The van der Waals surface area contributed by atoms with Crippen LogP contribution in [0.5, 0.6) is 0 Å². The van der Waals surface area contributed by atoms with E-state index >= 15 is 0 Å². The minimum atomic E-state index is -0.0811. The Morgan fingerprint density at radius 1 is 1.31 bits per heavy atom. The maximum Gasteiger partial charge on any atom is 0.258 e. The normalized spacial score (nSPS) is 13.1. The van der Waals surface area contributed by atoms with Gasteiger partial charge >= 0.3 is 0 Å². The highest BCUT2D eigenvalue weighted by Gasteiger charge is 2.10. The monoisotopic (exact) mass is 386 g/mol. The lowest BCUT2D eigenvalue weighted by atomic mass is 10.1. The van der Waals surface area contributed by atoms with Crippen molar-refractivity contribution in [2.75, 3.05) is 5.75 Å². The number of rotatable bonds is 6. The lowest BCUT2D eigenvalue weighted by molar-refractivity contribution is -0.118. The quantitative estimate of drug-likeness (QED) is 0.677. The molecule has 6 nitrogen and oxygen atoms in total. The van der Waals surface area contributed by atoms with E-state index in [2.05, 4.69) is 33.8 Å². The number of amides is 1. The van der Waals surface area contributed by atoms with E-state index < -0.39 is 0 Å². The number of benzene rings is 1. The SMILES string of the molecule is O=C(CSCc1cc(=O)n2ccsc2n1)NCc1ccc2c(c1)CNC2. The Balaban J connectivity index is 1.26. The fourth-order valence-electron chi connectivity index (χ4n) is 2.92. The number of hydrogen-bond donors (Lipinski definition) is 2. The molecular weight excluding hydrogens is 368 g/mol. The zero-order chi connectivity index (χ0) is 17.9. The Kier molecular flexibility index (Phi) is 5.05. The molecule has 1 aromatic carbocycles. The molecule has 1 amide bonds. The summed E-state index contributed by atoms with van der Waals surface area (Å²) in [6.45, 7) is 2.36. The van der Waals surface area contributed by atoms with Gasteiger partial charge in [-0.15, -0.1) is 23.1 Å². The Labute approximate surface area is 158 Å². The summed E-state index contributed by atoms with van der Waals surface area (Å²) in [5, 5.41) is 8.10. The lowest BCUT2D eigenvalue weighted by Crippen LogP contribution is -2.24. The third-order valence-corrected chi connectivity index (χ3v) is 5.95. The fourth-order valence-corrected chi connectivity index (χ4v) is 4.41. The number of thioether (sulfide) groups is 1. The molecule has 2 N–H and O–H groups in total. The van der Waals surface area contributed by atoms with E-state index in [1.54, 1.807) is 6.20 Å². The average molecular weight is 387 g/mol. The summed E-state index contributed by atoms with van der Waals surface area (Å²) in [7, 11) is 0. The Bertz CT molecular complexity index is 1010. The Morgan fingerprint density at radius 2 is 2.19 bits per heavy atom. The van der Waals surface area contributed by atoms with Crippen molar-refractivity contribution in [1.29, 1.82) is 0 Å². The van der Waals surface area contributed by atoms with Gasteiger partial charge in [-0.2, -0.15) is 0 Å². The molecule has 0 bridgehead atoms. The van der Waals surface area contributed by atoms with Crippen LogP contribution in [-0.2, 0) is 30.2 Å². The predicted octanol–water partition coefficient (Wildman–Crippen LogP) is 1.91. The molecule has 0 saturated carbocycles. The van der Waals surface area contributed by atoms with E-state index in [0.717, 1.165) is 18.7 Å². The minimum absolute atomic E-state index is 0.0115. The number of aromatic nitrogens is 2. The maximum atomic E-state index is 12.0. The second-order valence-electron chi connectivity index (χ2n) is 6.12. The van der Waals surface area contributed by atoms with E-state index in [1.807, 2.05) is 5.38 Å². The van der Waals surface area contributed by atoms with Crippen LogP contribution in [0, 0.1) is 0 Å². The van der Waals surface area contributed by atoms with Crippen molar-refractivity contribution in [2.45, 2.75) is 25.4 Å². The molecule has 3 aromatic rings. The van der Waals surface area contributed by atoms with E-state index in [4.69, 9.17) is 0 Å². The number of carbonyl (C=O) groups excluding carboxylic acids is 1. The molecule has 0 atom stereocenters. The number of hydrogen-bond acceptors (Lipinski definition) is 6. The molecular formula is C18H18N4O2S2. The molecule has 1 aliphatic rings. The smallest absolute Gasteiger partial charge is 0.258 e. The Morgan fingerprint density at radius 3 is 3.12 bits per heavy atom. The van der Waals surface area contributed by atoms with Gasteiger partial charge in [0.25, 0.3) is 5.56 Å². The molecule has 2 aromatic heterocycles. The molecule has 0 spiro atoms. The highest BCUT2D eigenvalue weighted by Crippen LogP contribution is 2.17. The molecule has 0 aliphatic carbocycles. The van der Waals surface area contributed by atoms with E-state index in [-0.39, 0.29) is 11.5 Å². The number of nitrogens with zero attached hydrogens (tertiary/aromatic N) is 2. The highest BCUT2D eigenvalue weighted by molar-refractivity contribution is 7.99. The summed E-state index contributed by atoms with van der Waals surface area (Å²) in [6, 6.07) is 7.86. The number of thiazole rings is 1. The van der Waals surface area contributed by atoms with Crippen molar-refractivity contribution < 1.29 is 4.79 Å². The van der Waals surface area contributed by atoms with E-state index in [1.165, 1.54) is 44.7 Å². The molecule has 3 heterocycles. The van der Waals surface area contributed by atoms with Crippen molar-refractivity contribution in [1.82, 2.24) is 20.0 Å². The summed E-state index contributed by atoms with van der Waals surface area (Å²) in [5.74, 6) is 0.877. The number of carbonyl (C=O) groups is 1. The van der Waals surface area contributed by atoms with Gasteiger partial charge in [0, 0.05) is 43.0 Å². The third-order valence-electron chi connectivity index (χ3n) is 4.23. The van der Waals surface area contributed by atoms with Crippen LogP contribution in [-0.4, -0.2) is 21.0 Å². The molecule has 1 aliphatic heterocycles. The first-order valence-corrected chi connectivity index (χ1v) is 10.3. The van der Waals surface area contributed by atoms with Crippen molar-refractivity contribution >= 4 is 34.0 Å². The molecule has 8 heteroatoms. The third kappa shape index (κ3) is 3.82. The average Bonchev–Trinajstić information content (AvgIpc) is 3.28. The van der Waals surface area contributed by atoms with Crippen LogP contribution in [0.4, 0.5) is 0 Å². The van der Waals surface area contributed by atoms with Gasteiger partial charge in [0.05, 0.1) is 11.4 Å². The van der Waals surface area contributed by atoms with Gasteiger partial charge in [-0.1, -0.05) is 18.2 Å². The van der Waals surface area contributed by atoms with Gasteiger partial charge in [0.2, 0.25) is 5.91 Å². The summed E-state index contributed by atoms with van der Waals surface area (Å²) in [6.07, 6.45) is 1.72. The zero-order valence-electron chi connectivity index (χ0n) is 14.0. The second-order valence-corrected chi connectivity index (χ2v) is 7.98. The van der Waals surface area contributed by atoms with Gasteiger partial charge in [0.1, 0.15) is 0 Å². The summed E-state index contributed by atoms with van der Waals surface area (Å²) < 4.78 is 1.53. The van der Waals surface area contributed by atoms with Crippen LogP contribution in [0.15, 0.2) is 40.6 Å². The molecule has 0 saturated heterocycles. The lowest BCUT2D eigenvalue weighted by Gasteiger charge is -2.07. The first-order valence-electron chi connectivity index (χ1n) is 8.31. The predicted molar refractivity (Wildman–Crippen MR) is 104 cm³/mol. The van der Waals surface area contributed by atoms with Crippen molar-refractivity contribution in [2.24, 2.45) is 0 Å².